The zero-order chi connectivity index (χ0) is 13.3. The van der Waals surface area contributed by atoms with E-state index in [9.17, 15) is 0 Å². The fourth-order valence-corrected chi connectivity index (χ4v) is 2.64. The van der Waals surface area contributed by atoms with E-state index in [0.717, 1.165) is 41.9 Å². The van der Waals surface area contributed by atoms with Crippen LogP contribution in [0, 0.1) is 0 Å². The summed E-state index contributed by atoms with van der Waals surface area (Å²) in [7, 11) is 0. The van der Waals surface area contributed by atoms with Gasteiger partial charge in [0.15, 0.2) is 0 Å². The lowest BCUT2D eigenvalue weighted by Crippen LogP contribution is -2.37. The molecule has 1 aliphatic rings. The van der Waals surface area contributed by atoms with Crippen LogP contribution in [0.2, 0.25) is 0 Å². The lowest BCUT2D eigenvalue weighted by molar-refractivity contribution is 0.241. The van der Waals surface area contributed by atoms with E-state index in [0.29, 0.717) is 5.82 Å². The molecule has 2 aromatic rings. The van der Waals surface area contributed by atoms with Gasteiger partial charge in [0.2, 0.25) is 11.7 Å². The van der Waals surface area contributed by atoms with Gasteiger partial charge in [-0.2, -0.15) is 4.98 Å². The number of nitrogens with zero attached hydrogens (tertiary/aromatic N) is 2. The normalized spacial score (nSPS) is 18.4. The second kappa shape index (κ2) is 5.06. The van der Waals surface area contributed by atoms with Gasteiger partial charge in [0.1, 0.15) is 0 Å². The fraction of sp³-hybridized carbons (Fsp3) is 0.429. The SMILES string of the molecule is CC1(c2nc(-c3ccc(Br)cc3)no2)CCNCC1. The van der Waals surface area contributed by atoms with Crippen molar-refractivity contribution >= 4 is 15.9 Å². The Morgan fingerprint density at radius 1 is 1.21 bits per heavy atom. The molecular weight excluding hydrogens is 306 g/mol. The summed E-state index contributed by atoms with van der Waals surface area (Å²) in [6.45, 7) is 4.21. The summed E-state index contributed by atoms with van der Waals surface area (Å²) < 4.78 is 6.54. The third-order valence-corrected chi connectivity index (χ3v) is 4.28. The predicted octanol–water partition coefficient (Wildman–Crippen LogP) is 3.14. The van der Waals surface area contributed by atoms with Crippen molar-refractivity contribution in [2.45, 2.75) is 25.2 Å². The fourth-order valence-electron chi connectivity index (χ4n) is 2.38. The molecule has 0 aliphatic carbocycles. The van der Waals surface area contributed by atoms with Gasteiger partial charge < -0.3 is 9.84 Å². The number of hydrogen-bond donors (Lipinski definition) is 1. The van der Waals surface area contributed by atoms with E-state index in [1.54, 1.807) is 0 Å². The van der Waals surface area contributed by atoms with Crippen LogP contribution in [-0.4, -0.2) is 23.2 Å². The molecule has 0 unspecified atom stereocenters. The van der Waals surface area contributed by atoms with Crippen molar-refractivity contribution in [1.29, 1.82) is 0 Å². The highest BCUT2D eigenvalue weighted by molar-refractivity contribution is 9.10. The van der Waals surface area contributed by atoms with Crippen molar-refractivity contribution in [2.75, 3.05) is 13.1 Å². The second-order valence-electron chi connectivity index (χ2n) is 5.24. The predicted molar refractivity (Wildman–Crippen MR) is 76.9 cm³/mol. The van der Waals surface area contributed by atoms with Crippen molar-refractivity contribution in [1.82, 2.24) is 15.5 Å². The molecule has 19 heavy (non-hydrogen) atoms. The molecule has 1 saturated heterocycles. The summed E-state index contributed by atoms with van der Waals surface area (Å²) in [5.74, 6) is 1.43. The Balaban J connectivity index is 1.88. The van der Waals surface area contributed by atoms with Crippen LogP contribution in [0.25, 0.3) is 11.4 Å². The van der Waals surface area contributed by atoms with Crippen LogP contribution in [0.5, 0.6) is 0 Å². The number of rotatable bonds is 2. The smallest absolute Gasteiger partial charge is 0.232 e. The molecule has 1 aromatic heterocycles. The lowest BCUT2D eigenvalue weighted by Gasteiger charge is -2.30. The molecule has 0 bridgehead atoms. The number of aromatic nitrogens is 2. The third kappa shape index (κ3) is 2.58. The van der Waals surface area contributed by atoms with Crippen molar-refractivity contribution in [3.05, 3.63) is 34.6 Å². The topological polar surface area (TPSA) is 51.0 Å². The quantitative estimate of drug-likeness (QED) is 0.923. The van der Waals surface area contributed by atoms with Gasteiger partial charge in [-0.15, -0.1) is 0 Å². The molecule has 2 heterocycles. The molecular formula is C14H16BrN3O. The summed E-state index contributed by atoms with van der Waals surface area (Å²) in [5, 5.41) is 7.47. The first-order valence-electron chi connectivity index (χ1n) is 6.48. The monoisotopic (exact) mass is 321 g/mol. The summed E-state index contributed by atoms with van der Waals surface area (Å²) in [6, 6.07) is 7.95. The Morgan fingerprint density at radius 2 is 1.89 bits per heavy atom. The first kappa shape index (κ1) is 12.8. The molecule has 0 spiro atoms. The minimum absolute atomic E-state index is 0.00582. The van der Waals surface area contributed by atoms with E-state index in [1.165, 1.54) is 0 Å². The Labute approximate surface area is 120 Å². The van der Waals surface area contributed by atoms with Crippen LogP contribution in [0.1, 0.15) is 25.7 Å². The van der Waals surface area contributed by atoms with Crippen LogP contribution < -0.4 is 5.32 Å². The number of nitrogens with one attached hydrogen (secondary N) is 1. The van der Waals surface area contributed by atoms with Gasteiger partial charge in [-0.05, 0) is 50.2 Å². The summed E-state index contributed by atoms with van der Waals surface area (Å²) >= 11 is 3.42. The van der Waals surface area contributed by atoms with E-state index >= 15 is 0 Å². The van der Waals surface area contributed by atoms with E-state index in [-0.39, 0.29) is 5.41 Å². The van der Waals surface area contributed by atoms with Gasteiger partial charge in [0.05, 0.1) is 0 Å². The maximum atomic E-state index is 5.49. The van der Waals surface area contributed by atoms with Crippen LogP contribution in [-0.2, 0) is 5.41 Å². The minimum Gasteiger partial charge on any atom is -0.338 e. The average Bonchev–Trinajstić information content (AvgIpc) is 2.91. The molecule has 1 aromatic carbocycles. The highest BCUT2D eigenvalue weighted by atomic mass is 79.9. The maximum absolute atomic E-state index is 5.49. The highest BCUT2D eigenvalue weighted by Gasteiger charge is 2.34. The van der Waals surface area contributed by atoms with Crippen molar-refractivity contribution in [3.8, 4) is 11.4 Å². The number of piperidine rings is 1. The van der Waals surface area contributed by atoms with Gasteiger partial charge in [-0.3, -0.25) is 0 Å². The molecule has 0 radical (unpaired) electrons. The maximum Gasteiger partial charge on any atom is 0.232 e. The summed E-state index contributed by atoms with van der Waals surface area (Å²) in [5.41, 5.74) is 0.988. The molecule has 100 valence electrons. The lowest BCUT2D eigenvalue weighted by atomic mass is 9.81. The Hall–Kier alpha value is -1.20. The number of benzene rings is 1. The average molecular weight is 322 g/mol. The summed E-state index contributed by atoms with van der Waals surface area (Å²) in [4.78, 5) is 4.58. The molecule has 1 aliphatic heterocycles. The molecule has 0 saturated carbocycles. The summed E-state index contributed by atoms with van der Waals surface area (Å²) in [6.07, 6.45) is 2.07. The Kier molecular flexibility index (Phi) is 3.41. The largest absolute Gasteiger partial charge is 0.338 e. The van der Waals surface area contributed by atoms with E-state index in [4.69, 9.17) is 4.52 Å². The minimum atomic E-state index is 0.00582. The van der Waals surface area contributed by atoms with E-state index in [1.807, 2.05) is 24.3 Å². The van der Waals surface area contributed by atoms with Crippen LogP contribution in [0.15, 0.2) is 33.3 Å². The van der Waals surface area contributed by atoms with Gasteiger partial charge in [0.25, 0.3) is 0 Å². The highest BCUT2D eigenvalue weighted by Crippen LogP contribution is 2.32. The van der Waals surface area contributed by atoms with Crippen molar-refractivity contribution < 1.29 is 4.52 Å². The Morgan fingerprint density at radius 3 is 2.58 bits per heavy atom. The van der Waals surface area contributed by atoms with Crippen molar-refractivity contribution in [2.24, 2.45) is 0 Å². The number of hydrogen-bond acceptors (Lipinski definition) is 4. The Bertz CT molecular complexity index is 558. The van der Waals surface area contributed by atoms with Gasteiger partial charge in [0, 0.05) is 15.5 Å². The molecule has 1 fully saturated rings. The van der Waals surface area contributed by atoms with Gasteiger partial charge in [-0.25, -0.2) is 0 Å². The van der Waals surface area contributed by atoms with Gasteiger partial charge in [-0.1, -0.05) is 28.0 Å². The third-order valence-electron chi connectivity index (χ3n) is 3.75. The van der Waals surface area contributed by atoms with Crippen molar-refractivity contribution in [3.63, 3.8) is 0 Å². The van der Waals surface area contributed by atoms with E-state index < -0.39 is 0 Å². The molecule has 1 N–H and O–H groups in total. The standard InChI is InChI=1S/C14H16BrN3O/c1-14(6-8-16-9-7-14)13-17-12(18-19-13)10-2-4-11(15)5-3-10/h2-5,16H,6-9H2,1H3. The first-order valence-corrected chi connectivity index (χ1v) is 7.28. The van der Waals surface area contributed by atoms with Gasteiger partial charge >= 0.3 is 0 Å². The zero-order valence-electron chi connectivity index (χ0n) is 10.8. The number of halogens is 1. The van der Waals surface area contributed by atoms with E-state index in [2.05, 4.69) is 38.3 Å². The molecule has 0 atom stereocenters. The molecule has 5 heteroatoms. The molecule has 0 amide bonds. The second-order valence-corrected chi connectivity index (χ2v) is 6.16. The van der Waals surface area contributed by atoms with Crippen LogP contribution in [0.4, 0.5) is 0 Å². The molecule has 3 rings (SSSR count). The van der Waals surface area contributed by atoms with Crippen LogP contribution >= 0.6 is 15.9 Å². The first-order chi connectivity index (χ1) is 9.17. The molecule has 4 nitrogen and oxygen atoms in total. The zero-order valence-corrected chi connectivity index (χ0v) is 12.4. The van der Waals surface area contributed by atoms with Crippen LogP contribution in [0.3, 0.4) is 0 Å².